The Bertz CT molecular complexity index is 378. The van der Waals surface area contributed by atoms with Gasteiger partial charge in [0.2, 0.25) is 0 Å². The first-order valence-electron chi connectivity index (χ1n) is 6.32. The zero-order chi connectivity index (χ0) is 12.3. The van der Waals surface area contributed by atoms with Crippen molar-refractivity contribution < 1.29 is 9.47 Å². The van der Waals surface area contributed by atoms with E-state index in [0.29, 0.717) is 6.04 Å². The summed E-state index contributed by atoms with van der Waals surface area (Å²) in [5.74, 6) is 0.920. The highest BCUT2D eigenvalue weighted by Crippen LogP contribution is 2.35. The predicted octanol–water partition coefficient (Wildman–Crippen LogP) is 2.31. The number of methoxy groups -OCH3 is 1. The van der Waals surface area contributed by atoms with Crippen LogP contribution >= 0.6 is 0 Å². The first kappa shape index (κ1) is 12.4. The number of ether oxygens (including phenoxy) is 2. The van der Waals surface area contributed by atoms with Crippen LogP contribution in [0.15, 0.2) is 18.2 Å². The van der Waals surface area contributed by atoms with Crippen LogP contribution in [0.2, 0.25) is 0 Å². The molecule has 2 rings (SSSR count). The fourth-order valence-electron chi connectivity index (χ4n) is 2.54. The van der Waals surface area contributed by atoms with Crippen molar-refractivity contribution in [1.29, 1.82) is 0 Å². The van der Waals surface area contributed by atoms with Crippen LogP contribution in [0, 0.1) is 0 Å². The molecular formula is C14H21NO2. The number of hydrogen-bond acceptors (Lipinski definition) is 3. The predicted molar refractivity (Wildman–Crippen MR) is 68.5 cm³/mol. The maximum atomic E-state index is 5.82. The van der Waals surface area contributed by atoms with Gasteiger partial charge in [-0.05, 0) is 36.7 Å². The molecule has 1 aromatic carbocycles. The molecule has 0 radical (unpaired) electrons. The number of likely N-dealkylation sites (N-methyl/N-ethyl adjacent to an activating group) is 1. The summed E-state index contributed by atoms with van der Waals surface area (Å²) >= 11 is 0. The van der Waals surface area contributed by atoms with Gasteiger partial charge in [0.1, 0.15) is 5.75 Å². The molecule has 0 fully saturated rings. The van der Waals surface area contributed by atoms with Crippen molar-refractivity contribution in [2.24, 2.45) is 0 Å². The zero-order valence-electron chi connectivity index (χ0n) is 10.8. The van der Waals surface area contributed by atoms with Crippen LogP contribution in [-0.2, 0) is 11.2 Å². The molecular weight excluding hydrogens is 214 g/mol. The lowest BCUT2D eigenvalue weighted by molar-refractivity contribution is 0.0438. The lowest BCUT2D eigenvalue weighted by atomic mass is 10.1. The van der Waals surface area contributed by atoms with Crippen molar-refractivity contribution in [3.63, 3.8) is 0 Å². The fourth-order valence-corrected chi connectivity index (χ4v) is 2.54. The molecule has 1 aliphatic rings. The van der Waals surface area contributed by atoms with Gasteiger partial charge in [-0.3, -0.25) is 0 Å². The van der Waals surface area contributed by atoms with Gasteiger partial charge in [0, 0.05) is 13.0 Å². The Morgan fingerprint density at radius 1 is 1.35 bits per heavy atom. The van der Waals surface area contributed by atoms with Gasteiger partial charge in [0.15, 0.2) is 0 Å². The Morgan fingerprint density at radius 3 is 2.82 bits per heavy atom. The maximum Gasteiger partial charge on any atom is 0.119 e. The highest BCUT2D eigenvalue weighted by Gasteiger charge is 2.32. The SMILES string of the molecule is CCNC1c2cc(OC)ccc2CC1OCC. The molecule has 0 saturated carbocycles. The number of benzene rings is 1. The molecule has 0 aliphatic heterocycles. The van der Waals surface area contributed by atoms with Crippen molar-refractivity contribution in [3.05, 3.63) is 29.3 Å². The Hall–Kier alpha value is -1.06. The van der Waals surface area contributed by atoms with Crippen LogP contribution in [0.3, 0.4) is 0 Å². The molecule has 1 aliphatic carbocycles. The van der Waals surface area contributed by atoms with E-state index >= 15 is 0 Å². The van der Waals surface area contributed by atoms with Gasteiger partial charge in [0.25, 0.3) is 0 Å². The van der Waals surface area contributed by atoms with Crippen molar-refractivity contribution in [1.82, 2.24) is 5.32 Å². The average molecular weight is 235 g/mol. The van der Waals surface area contributed by atoms with Crippen LogP contribution in [0.1, 0.15) is 31.0 Å². The van der Waals surface area contributed by atoms with Crippen molar-refractivity contribution >= 4 is 0 Å². The van der Waals surface area contributed by atoms with Gasteiger partial charge in [-0.1, -0.05) is 13.0 Å². The molecule has 0 saturated heterocycles. The van der Waals surface area contributed by atoms with Gasteiger partial charge in [-0.2, -0.15) is 0 Å². The molecule has 0 bridgehead atoms. The minimum Gasteiger partial charge on any atom is -0.497 e. The molecule has 3 nitrogen and oxygen atoms in total. The van der Waals surface area contributed by atoms with Crippen LogP contribution < -0.4 is 10.1 Å². The molecule has 17 heavy (non-hydrogen) atoms. The van der Waals surface area contributed by atoms with E-state index in [9.17, 15) is 0 Å². The van der Waals surface area contributed by atoms with E-state index in [1.807, 2.05) is 13.0 Å². The molecule has 3 heteroatoms. The largest absolute Gasteiger partial charge is 0.497 e. The number of nitrogens with one attached hydrogen (secondary N) is 1. The van der Waals surface area contributed by atoms with Gasteiger partial charge in [0.05, 0.1) is 19.3 Å². The highest BCUT2D eigenvalue weighted by atomic mass is 16.5. The van der Waals surface area contributed by atoms with Crippen LogP contribution in [-0.4, -0.2) is 26.4 Å². The van der Waals surface area contributed by atoms with E-state index in [0.717, 1.165) is 25.3 Å². The number of rotatable bonds is 5. The first-order chi connectivity index (χ1) is 8.30. The van der Waals surface area contributed by atoms with E-state index in [4.69, 9.17) is 9.47 Å². The second-order valence-corrected chi connectivity index (χ2v) is 4.30. The van der Waals surface area contributed by atoms with E-state index < -0.39 is 0 Å². The van der Waals surface area contributed by atoms with Crippen molar-refractivity contribution in [2.45, 2.75) is 32.4 Å². The van der Waals surface area contributed by atoms with E-state index in [2.05, 4.69) is 24.4 Å². The third kappa shape index (κ3) is 2.45. The van der Waals surface area contributed by atoms with Gasteiger partial charge in [-0.25, -0.2) is 0 Å². The van der Waals surface area contributed by atoms with Crippen molar-refractivity contribution in [2.75, 3.05) is 20.3 Å². The Kier molecular flexibility index (Phi) is 4.02. The molecule has 2 unspecified atom stereocenters. The summed E-state index contributed by atoms with van der Waals surface area (Å²) < 4.78 is 11.1. The summed E-state index contributed by atoms with van der Waals surface area (Å²) in [7, 11) is 1.71. The lowest BCUT2D eigenvalue weighted by Gasteiger charge is -2.21. The molecule has 1 aromatic rings. The summed E-state index contributed by atoms with van der Waals surface area (Å²) in [6.07, 6.45) is 1.24. The van der Waals surface area contributed by atoms with E-state index in [-0.39, 0.29) is 6.10 Å². The quantitative estimate of drug-likeness (QED) is 0.849. The zero-order valence-corrected chi connectivity index (χ0v) is 10.8. The molecule has 1 N–H and O–H groups in total. The molecule has 94 valence electrons. The molecule has 0 aromatic heterocycles. The topological polar surface area (TPSA) is 30.5 Å². The molecule has 0 heterocycles. The third-order valence-electron chi connectivity index (χ3n) is 3.29. The minimum absolute atomic E-state index is 0.252. The maximum absolute atomic E-state index is 5.82. The van der Waals surface area contributed by atoms with Crippen molar-refractivity contribution in [3.8, 4) is 5.75 Å². The van der Waals surface area contributed by atoms with Gasteiger partial charge in [-0.15, -0.1) is 0 Å². The molecule has 0 amide bonds. The first-order valence-corrected chi connectivity index (χ1v) is 6.32. The van der Waals surface area contributed by atoms with E-state index in [1.54, 1.807) is 7.11 Å². The second kappa shape index (κ2) is 5.52. The van der Waals surface area contributed by atoms with Crippen LogP contribution in [0.4, 0.5) is 0 Å². The standard InChI is InChI=1S/C14H21NO2/c1-4-15-14-12-9-11(16-3)7-6-10(12)8-13(14)17-5-2/h6-7,9,13-15H,4-5,8H2,1-3H3. The van der Waals surface area contributed by atoms with Gasteiger partial charge < -0.3 is 14.8 Å². The fraction of sp³-hybridized carbons (Fsp3) is 0.571. The molecule has 2 atom stereocenters. The van der Waals surface area contributed by atoms with Crippen LogP contribution in [0.5, 0.6) is 5.75 Å². The Morgan fingerprint density at radius 2 is 2.18 bits per heavy atom. The Labute approximate surface area is 103 Å². The molecule has 0 spiro atoms. The summed E-state index contributed by atoms with van der Waals surface area (Å²) in [6.45, 7) is 5.89. The minimum atomic E-state index is 0.252. The summed E-state index contributed by atoms with van der Waals surface area (Å²) in [6, 6.07) is 6.60. The van der Waals surface area contributed by atoms with Gasteiger partial charge >= 0.3 is 0 Å². The third-order valence-corrected chi connectivity index (χ3v) is 3.29. The number of hydrogen-bond donors (Lipinski definition) is 1. The summed E-state index contributed by atoms with van der Waals surface area (Å²) in [5, 5.41) is 3.51. The second-order valence-electron chi connectivity index (χ2n) is 4.30. The summed E-state index contributed by atoms with van der Waals surface area (Å²) in [4.78, 5) is 0. The highest BCUT2D eigenvalue weighted by molar-refractivity contribution is 5.42. The average Bonchev–Trinajstić information content (AvgIpc) is 2.68. The van der Waals surface area contributed by atoms with Crippen LogP contribution in [0.25, 0.3) is 0 Å². The lowest BCUT2D eigenvalue weighted by Crippen LogP contribution is -2.30. The van der Waals surface area contributed by atoms with E-state index in [1.165, 1.54) is 11.1 Å². The summed E-state index contributed by atoms with van der Waals surface area (Å²) in [5.41, 5.74) is 2.69. The number of fused-ring (bicyclic) bond motifs is 1. The smallest absolute Gasteiger partial charge is 0.119 e. The monoisotopic (exact) mass is 235 g/mol. The normalized spacial score (nSPS) is 22.5. The Balaban J connectivity index is 2.27.